The van der Waals surface area contributed by atoms with Crippen molar-refractivity contribution in [3.8, 4) is 0 Å². The Labute approximate surface area is 129 Å². The van der Waals surface area contributed by atoms with E-state index in [2.05, 4.69) is 6.07 Å². The molecule has 1 aromatic carbocycles. The summed E-state index contributed by atoms with van der Waals surface area (Å²) in [6.07, 6.45) is 1.20. The van der Waals surface area contributed by atoms with Gasteiger partial charge in [0.05, 0.1) is 5.92 Å². The second-order valence-corrected chi connectivity index (χ2v) is 6.70. The number of esters is 1. The van der Waals surface area contributed by atoms with Crippen LogP contribution in [0, 0.1) is 31.6 Å². The molecular weight excluding hydrogens is 282 g/mol. The molecule has 2 aliphatic rings. The van der Waals surface area contributed by atoms with Crippen molar-refractivity contribution < 1.29 is 19.4 Å². The lowest BCUT2D eigenvalue weighted by Gasteiger charge is -2.24. The average Bonchev–Trinajstić information content (AvgIpc) is 3.08. The van der Waals surface area contributed by atoms with Gasteiger partial charge in [0.2, 0.25) is 0 Å². The Morgan fingerprint density at radius 1 is 1.32 bits per heavy atom. The van der Waals surface area contributed by atoms with Crippen LogP contribution in [0.4, 0.5) is 0 Å². The van der Waals surface area contributed by atoms with E-state index in [0.717, 1.165) is 16.7 Å². The number of aliphatic carboxylic acids is 1. The Hall–Kier alpha value is -1.88. The highest BCUT2D eigenvalue weighted by molar-refractivity contribution is 5.86. The van der Waals surface area contributed by atoms with E-state index in [-0.39, 0.29) is 18.4 Å². The van der Waals surface area contributed by atoms with Gasteiger partial charge in [0.1, 0.15) is 12.1 Å². The predicted octanol–water partition coefficient (Wildman–Crippen LogP) is 1.78. The number of fused-ring (bicyclic) bond motifs is 1. The number of hydrogen-bond donors (Lipinski definition) is 2. The number of hydrogen-bond acceptors (Lipinski definition) is 4. The van der Waals surface area contributed by atoms with E-state index in [0.29, 0.717) is 12.8 Å². The molecule has 3 rings (SSSR count). The van der Waals surface area contributed by atoms with Gasteiger partial charge in [0.15, 0.2) is 0 Å². The van der Waals surface area contributed by atoms with Gasteiger partial charge in [-0.1, -0.05) is 29.3 Å². The van der Waals surface area contributed by atoms with E-state index < -0.39 is 23.4 Å². The van der Waals surface area contributed by atoms with Crippen molar-refractivity contribution in [2.75, 3.05) is 0 Å². The standard InChI is InChI=1S/C17H21NO4/c1-9-5-10(2)7-11(6-9)8-22-16(21)17(18)4-3-12-13(14(12)17)15(19)20/h5-7,12-14H,3-4,8,18H2,1-2H3,(H,19,20). The van der Waals surface area contributed by atoms with Crippen LogP contribution in [0.3, 0.4) is 0 Å². The average molecular weight is 303 g/mol. The van der Waals surface area contributed by atoms with Crippen molar-refractivity contribution in [3.63, 3.8) is 0 Å². The minimum atomic E-state index is -1.13. The van der Waals surface area contributed by atoms with Crippen LogP contribution in [0.5, 0.6) is 0 Å². The van der Waals surface area contributed by atoms with Crippen LogP contribution in [0.2, 0.25) is 0 Å². The lowest BCUT2D eigenvalue weighted by molar-refractivity contribution is -0.153. The molecule has 0 amide bonds. The van der Waals surface area contributed by atoms with Crippen molar-refractivity contribution in [2.24, 2.45) is 23.5 Å². The molecule has 2 saturated carbocycles. The smallest absolute Gasteiger partial charge is 0.326 e. The van der Waals surface area contributed by atoms with Gasteiger partial charge in [-0.25, -0.2) is 0 Å². The normalized spacial score (nSPS) is 32.4. The zero-order chi connectivity index (χ0) is 16.1. The van der Waals surface area contributed by atoms with Crippen molar-refractivity contribution in [1.29, 1.82) is 0 Å². The molecule has 5 nitrogen and oxygen atoms in total. The molecule has 5 heteroatoms. The predicted molar refractivity (Wildman–Crippen MR) is 80.0 cm³/mol. The third-order valence-corrected chi connectivity index (χ3v) is 4.97. The van der Waals surface area contributed by atoms with Gasteiger partial charge < -0.3 is 15.6 Å². The first kappa shape index (κ1) is 15.0. The maximum Gasteiger partial charge on any atom is 0.326 e. The van der Waals surface area contributed by atoms with Gasteiger partial charge in [-0.05, 0) is 38.2 Å². The highest BCUT2D eigenvalue weighted by atomic mass is 16.5. The molecule has 22 heavy (non-hydrogen) atoms. The molecule has 118 valence electrons. The van der Waals surface area contributed by atoms with Crippen LogP contribution >= 0.6 is 0 Å². The van der Waals surface area contributed by atoms with Gasteiger partial charge in [0, 0.05) is 5.92 Å². The maximum absolute atomic E-state index is 12.4. The van der Waals surface area contributed by atoms with E-state index in [1.165, 1.54) is 0 Å². The zero-order valence-corrected chi connectivity index (χ0v) is 12.8. The number of carbonyl (C=O) groups excluding carboxylic acids is 1. The lowest BCUT2D eigenvalue weighted by atomic mass is 9.91. The van der Waals surface area contributed by atoms with Gasteiger partial charge >= 0.3 is 11.9 Å². The van der Waals surface area contributed by atoms with Crippen LogP contribution in [0.25, 0.3) is 0 Å². The Bertz CT molecular complexity index is 621. The number of ether oxygens (including phenoxy) is 1. The summed E-state index contributed by atoms with van der Waals surface area (Å²) in [5.41, 5.74) is 8.22. The molecule has 0 aromatic heterocycles. The molecule has 0 bridgehead atoms. The second-order valence-electron chi connectivity index (χ2n) is 6.70. The Morgan fingerprint density at radius 3 is 2.50 bits per heavy atom. The highest BCUT2D eigenvalue weighted by Gasteiger charge is 2.70. The molecule has 0 saturated heterocycles. The SMILES string of the molecule is Cc1cc(C)cc(COC(=O)C2(N)CCC3C(C(=O)O)C32)c1. The molecule has 4 unspecified atom stereocenters. The minimum absolute atomic E-state index is 0.0382. The third-order valence-electron chi connectivity index (χ3n) is 4.97. The number of rotatable bonds is 4. The van der Waals surface area contributed by atoms with Gasteiger partial charge in [-0.15, -0.1) is 0 Å². The Morgan fingerprint density at radius 2 is 1.95 bits per heavy atom. The van der Waals surface area contributed by atoms with E-state index in [9.17, 15) is 9.59 Å². The number of carboxylic acids is 1. The molecule has 2 aliphatic carbocycles. The van der Waals surface area contributed by atoms with Crippen LogP contribution in [0.1, 0.15) is 29.5 Å². The zero-order valence-electron chi connectivity index (χ0n) is 12.8. The molecule has 4 atom stereocenters. The Balaban J connectivity index is 1.66. The number of carboxylic acid groups (broad SMARTS) is 1. The van der Waals surface area contributed by atoms with Crippen LogP contribution in [-0.2, 0) is 20.9 Å². The molecule has 0 aliphatic heterocycles. The van der Waals surface area contributed by atoms with E-state index in [1.807, 2.05) is 26.0 Å². The summed E-state index contributed by atoms with van der Waals surface area (Å²) in [5, 5.41) is 9.13. The number of benzene rings is 1. The summed E-state index contributed by atoms with van der Waals surface area (Å²) in [5.74, 6) is -2.03. The van der Waals surface area contributed by atoms with Crippen molar-refractivity contribution in [1.82, 2.24) is 0 Å². The van der Waals surface area contributed by atoms with E-state index >= 15 is 0 Å². The minimum Gasteiger partial charge on any atom is -0.481 e. The van der Waals surface area contributed by atoms with Crippen molar-refractivity contribution in [3.05, 3.63) is 34.9 Å². The van der Waals surface area contributed by atoms with Crippen LogP contribution < -0.4 is 5.73 Å². The number of aryl methyl sites for hydroxylation is 2. The lowest BCUT2D eigenvalue weighted by Crippen LogP contribution is -2.50. The molecule has 0 spiro atoms. The fourth-order valence-electron chi connectivity index (χ4n) is 4.02. The van der Waals surface area contributed by atoms with Gasteiger partial charge in [0.25, 0.3) is 0 Å². The fourth-order valence-corrected chi connectivity index (χ4v) is 4.02. The van der Waals surface area contributed by atoms with E-state index in [4.69, 9.17) is 15.6 Å². The number of nitrogens with two attached hydrogens (primary N) is 1. The summed E-state index contributed by atoms with van der Waals surface area (Å²) in [6.45, 7) is 4.16. The molecule has 2 fully saturated rings. The summed E-state index contributed by atoms with van der Waals surface area (Å²) in [7, 11) is 0. The monoisotopic (exact) mass is 303 g/mol. The quantitative estimate of drug-likeness (QED) is 0.828. The summed E-state index contributed by atoms with van der Waals surface area (Å²) in [4.78, 5) is 23.5. The Kier molecular flexibility index (Phi) is 3.48. The van der Waals surface area contributed by atoms with Crippen LogP contribution in [-0.4, -0.2) is 22.6 Å². The van der Waals surface area contributed by atoms with Crippen molar-refractivity contribution >= 4 is 11.9 Å². The highest BCUT2D eigenvalue weighted by Crippen LogP contribution is 2.61. The summed E-state index contributed by atoms with van der Waals surface area (Å²) in [6, 6.07) is 6.00. The topological polar surface area (TPSA) is 89.6 Å². The molecule has 3 N–H and O–H groups in total. The first-order valence-corrected chi connectivity index (χ1v) is 7.59. The largest absolute Gasteiger partial charge is 0.481 e. The van der Waals surface area contributed by atoms with Crippen molar-refractivity contribution in [2.45, 2.75) is 38.8 Å². The molecule has 1 aromatic rings. The van der Waals surface area contributed by atoms with Gasteiger partial charge in [-0.2, -0.15) is 0 Å². The first-order chi connectivity index (χ1) is 10.3. The molecule has 0 radical (unpaired) electrons. The van der Waals surface area contributed by atoms with Gasteiger partial charge in [-0.3, -0.25) is 9.59 Å². The molecular formula is C17H21NO4. The fraction of sp³-hybridized carbons (Fsp3) is 0.529. The van der Waals surface area contributed by atoms with E-state index in [1.54, 1.807) is 0 Å². The summed E-state index contributed by atoms with van der Waals surface area (Å²) >= 11 is 0. The summed E-state index contributed by atoms with van der Waals surface area (Å²) < 4.78 is 5.39. The maximum atomic E-state index is 12.4. The second kappa shape index (κ2) is 5.09. The molecule has 0 heterocycles. The first-order valence-electron chi connectivity index (χ1n) is 7.59. The third kappa shape index (κ3) is 2.39. The number of carbonyl (C=O) groups is 2. The van der Waals surface area contributed by atoms with Crippen LogP contribution in [0.15, 0.2) is 18.2 Å².